The molecule has 6 nitrogen and oxygen atoms in total. The number of rotatable bonds is 12. The summed E-state index contributed by atoms with van der Waals surface area (Å²) in [7, 11) is 1.68. The zero-order valence-electron chi connectivity index (χ0n) is 23.4. The molecule has 1 amide bonds. The van der Waals surface area contributed by atoms with Gasteiger partial charge in [0.2, 0.25) is 0 Å². The predicted octanol–water partition coefficient (Wildman–Crippen LogP) is 6.73. The number of nitrogens with one attached hydrogen (secondary N) is 1. The third kappa shape index (κ3) is 8.36. The van der Waals surface area contributed by atoms with E-state index in [1.165, 1.54) is 37.1 Å². The molecule has 0 aromatic heterocycles. The lowest BCUT2D eigenvalue weighted by atomic mass is 9.90. The van der Waals surface area contributed by atoms with Crippen molar-refractivity contribution in [1.29, 1.82) is 0 Å². The Morgan fingerprint density at radius 2 is 1.44 bits per heavy atom. The van der Waals surface area contributed by atoms with Crippen molar-refractivity contribution in [3.8, 4) is 17.2 Å². The number of ether oxygens (including phenoxy) is 3. The number of methoxy groups -OCH3 is 1. The molecule has 0 bridgehead atoms. The number of amides is 1. The van der Waals surface area contributed by atoms with Gasteiger partial charge in [-0.15, -0.1) is 0 Å². The van der Waals surface area contributed by atoms with E-state index in [4.69, 9.17) is 14.2 Å². The average molecular weight is 529 g/mol. The molecule has 0 radical (unpaired) electrons. The third-order valence-corrected chi connectivity index (χ3v) is 6.95. The van der Waals surface area contributed by atoms with Gasteiger partial charge in [0.05, 0.1) is 7.11 Å². The maximum Gasteiger partial charge on any atom is 0.412 e. The maximum atomic E-state index is 12.0. The lowest BCUT2D eigenvalue weighted by Crippen LogP contribution is -2.27. The van der Waals surface area contributed by atoms with Gasteiger partial charge >= 0.3 is 6.09 Å². The molecule has 1 aliphatic rings. The number of allylic oxidation sites excluding steroid dienone is 1. The first-order valence-electron chi connectivity index (χ1n) is 13.9. The molecular weight excluding hydrogens is 488 g/mol. The van der Waals surface area contributed by atoms with Gasteiger partial charge in [-0.2, -0.15) is 0 Å². The molecule has 0 spiro atoms. The summed E-state index contributed by atoms with van der Waals surface area (Å²) in [5.74, 6) is 2.24. The summed E-state index contributed by atoms with van der Waals surface area (Å²) < 4.78 is 16.8. The lowest BCUT2D eigenvalue weighted by molar-refractivity contribution is 0.200. The number of hydrogen-bond acceptors (Lipinski definition) is 5. The number of carbonyl (C=O) groups excluding carboxylic acids is 1. The van der Waals surface area contributed by atoms with Gasteiger partial charge in [0.15, 0.2) is 0 Å². The fourth-order valence-electron chi connectivity index (χ4n) is 4.87. The Kier molecular flexibility index (Phi) is 10.4. The summed E-state index contributed by atoms with van der Waals surface area (Å²) in [5, 5.41) is 2.74. The van der Waals surface area contributed by atoms with Crippen molar-refractivity contribution < 1.29 is 19.0 Å². The van der Waals surface area contributed by atoms with Crippen LogP contribution >= 0.6 is 0 Å². The Labute approximate surface area is 232 Å². The molecule has 0 saturated carbocycles. The van der Waals surface area contributed by atoms with Crippen molar-refractivity contribution in [2.24, 2.45) is 0 Å². The minimum absolute atomic E-state index is 0.434. The van der Waals surface area contributed by atoms with E-state index < -0.39 is 6.09 Å². The molecule has 4 rings (SSSR count). The molecule has 3 aromatic rings. The van der Waals surface area contributed by atoms with E-state index in [0.717, 1.165) is 47.6 Å². The highest BCUT2D eigenvalue weighted by Gasteiger charge is 2.13. The average Bonchev–Trinajstić information content (AvgIpc) is 3.48. The van der Waals surface area contributed by atoms with Gasteiger partial charge in [-0.25, -0.2) is 4.79 Å². The van der Waals surface area contributed by atoms with E-state index >= 15 is 0 Å². The van der Waals surface area contributed by atoms with E-state index in [1.807, 2.05) is 43.3 Å². The maximum absolute atomic E-state index is 12.0. The highest BCUT2D eigenvalue weighted by molar-refractivity contribution is 5.82. The molecule has 1 heterocycles. The third-order valence-electron chi connectivity index (χ3n) is 6.95. The zero-order valence-corrected chi connectivity index (χ0v) is 23.4. The second kappa shape index (κ2) is 14.4. The van der Waals surface area contributed by atoms with Gasteiger partial charge in [0, 0.05) is 13.1 Å². The van der Waals surface area contributed by atoms with Crippen LogP contribution in [0.5, 0.6) is 17.2 Å². The molecule has 0 atom stereocenters. The van der Waals surface area contributed by atoms with Gasteiger partial charge in [-0.05, 0) is 104 Å². The SMILES string of the molecule is CCCNC(=O)Oc1ccc(/C(=C(/C)Cc2ccc(OC)cc2)c2ccc(OCCN3CCCC3)cc2)cc1. The first kappa shape index (κ1) is 28.2. The van der Waals surface area contributed by atoms with E-state index in [-0.39, 0.29) is 0 Å². The Morgan fingerprint density at radius 3 is 2.03 bits per heavy atom. The summed E-state index contributed by atoms with van der Waals surface area (Å²) >= 11 is 0. The van der Waals surface area contributed by atoms with Gasteiger partial charge in [0.25, 0.3) is 0 Å². The summed E-state index contributed by atoms with van der Waals surface area (Å²) in [4.78, 5) is 14.4. The fraction of sp³-hybridized carbons (Fsp3) is 0.364. The number of hydrogen-bond donors (Lipinski definition) is 1. The van der Waals surface area contributed by atoms with Crippen molar-refractivity contribution in [1.82, 2.24) is 10.2 Å². The summed E-state index contributed by atoms with van der Waals surface area (Å²) in [5.41, 5.74) is 5.76. The Bertz CT molecular complexity index is 1210. The normalized spacial score (nSPS) is 14.0. The first-order valence-corrected chi connectivity index (χ1v) is 13.9. The molecular formula is C33H40N2O4. The summed E-state index contributed by atoms with van der Waals surface area (Å²) in [6, 6.07) is 24.2. The highest BCUT2D eigenvalue weighted by atomic mass is 16.6. The second-order valence-electron chi connectivity index (χ2n) is 9.94. The van der Waals surface area contributed by atoms with Crippen LogP contribution in [0.3, 0.4) is 0 Å². The molecule has 0 unspecified atom stereocenters. The van der Waals surface area contributed by atoms with Crippen molar-refractivity contribution in [2.75, 3.05) is 39.9 Å². The second-order valence-corrected chi connectivity index (χ2v) is 9.94. The molecule has 1 N–H and O–H groups in total. The van der Waals surface area contributed by atoms with Gasteiger partial charge < -0.3 is 19.5 Å². The van der Waals surface area contributed by atoms with Crippen LogP contribution < -0.4 is 19.5 Å². The molecule has 3 aromatic carbocycles. The molecule has 6 heteroatoms. The molecule has 1 saturated heterocycles. The molecule has 1 fully saturated rings. The van der Waals surface area contributed by atoms with Gasteiger partial charge in [-0.3, -0.25) is 4.90 Å². The minimum atomic E-state index is -0.434. The van der Waals surface area contributed by atoms with Crippen molar-refractivity contribution in [3.05, 3.63) is 95.1 Å². The molecule has 1 aliphatic heterocycles. The van der Waals surface area contributed by atoms with Gasteiger partial charge in [-0.1, -0.05) is 48.9 Å². The topological polar surface area (TPSA) is 60.0 Å². The minimum Gasteiger partial charge on any atom is -0.497 e. The van der Waals surface area contributed by atoms with Crippen molar-refractivity contribution >= 4 is 11.7 Å². The fourth-order valence-corrected chi connectivity index (χ4v) is 4.87. The summed E-state index contributed by atoms with van der Waals surface area (Å²) in [6.07, 6.45) is 3.80. The van der Waals surface area contributed by atoms with Crippen molar-refractivity contribution in [2.45, 2.75) is 39.5 Å². The van der Waals surface area contributed by atoms with Crippen LogP contribution in [0, 0.1) is 0 Å². The summed E-state index contributed by atoms with van der Waals surface area (Å²) in [6.45, 7) is 8.79. The van der Waals surface area contributed by atoms with Crippen LogP contribution in [-0.4, -0.2) is 50.9 Å². The molecule has 206 valence electrons. The number of carbonyl (C=O) groups is 1. The smallest absolute Gasteiger partial charge is 0.412 e. The van der Waals surface area contributed by atoms with E-state index in [1.54, 1.807) is 7.11 Å². The van der Waals surface area contributed by atoms with E-state index in [9.17, 15) is 4.79 Å². The van der Waals surface area contributed by atoms with E-state index in [0.29, 0.717) is 18.9 Å². The number of nitrogens with zero attached hydrogens (tertiary/aromatic N) is 1. The van der Waals surface area contributed by atoms with E-state index in [2.05, 4.69) is 53.5 Å². The largest absolute Gasteiger partial charge is 0.497 e. The number of benzene rings is 3. The lowest BCUT2D eigenvalue weighted by Gasteiger charge is -2.17. The van der Waals surface area contributed by atoms with Gasteiger partial charge in [0.1, 0.15) is 23.9 Å². The van der Waals surface area contributed by atoms with Crippen LogP contribution in [0.15, 0.2) is 78.4 Å². The molecule has 0 aliphatic carbocycles. The Morgan fingerprint density at radius 1 is 0.846 bits per heavy atom. The Hall–Kier alpha value is -3.77. The van der Waals surface area contributed by atoms with Crippen LogP contribution in [0.25, 0.3) is 5.57 Å². The van der Waals surface area contributed by atoms with Crippen LogP contribution in [0.2, 0.25) is 0 Å². The first-order chi connectivity index (χ1) is 19.1. The highest BCUT2D eigenvalue weighted by Crippen LogP contribution is 2.31. The quantitative estimate of drug-likeness (QED) is 0.282. The predicted molar refractivity (Wildman–Crippen MR) is 157 cm³/mol. The van der Waals surface area contributed by atoms with Crippen LogP contribution in [0.4, 0.5) is 4.79 Å². The molecule has 39 heavy (non-hydrogen) atoms. The zero-order chi connectivity index (χ0) is 27.5. The monoisotopic (exact) mass is 528 g/mol. The van der Waals surface area contributed by atoms with Crippen LogP contribution in [0.1, 0.15) is 49.8 Å². The number of likely N-dealkylation sites (tertiary alicyclic amines) is 1. The van der Waals surface area contributed by atoms with Crippen LogP contribution in [-0.2, 0) is 6.42 Å². The Balaban J connectivity index is 1.54. The van der Waals surface area contributed by atoms with Crippen molar-refractivity contribution in [3.63, 3.8) is 0 Å². The standard InChI is InChI=1S/C33H40N2O4/c1-4-19-34-33(36)39-31-17-11-28(12-18-31)32(25(2)24-26-7-13-29(37-3)14-8-26)27-9-15-30(16-10-27)38-23-22-35-20-5-6-21-35/h7-18H,4-6,19-24H2,1-3H3,(H,34,36)/b32-25-.